The van der Waals surface area contributed by atoms with Crippen LogP contribution < -0.4 is 15.3 Å². The SMILES string of the molecule is Cc1cc(-c2cc3nc(N4C=CC(c5cccc(Cl)c5)N4)cc(N4CCOCC4)n3n2)nn1CCN(C)C. The van der Waals surface area contributed by atoms with Crippen molar-refractivity contribution in [1.29, 1.82) is 0 Å². The minimum absolute atomic E-state index is 0.00754. The largest absolute Gasteiger partial charge is 0.378 e. The van der Waals surface area contributed by atoms with Crippen LogP contribution in [0.4, 0.5) is 11.6 Å². The molecule has 6 rings (SSSR count). The Kier molecular flexibility index (Phi) is 6.79. The molecule has 1 aromatic carbocycles. The molecule has 2 aliphatic rings. The van der Waals surface area contributed by atoms with E-state index in [2.05, 4.69) is 60.5 Å². The Balaban J connectivity index is 1.35. The smallest absolute Gasteiger partial charge is 0.160 e. The van der Waals surface area contributed by atoms with Crippen molar-refractivity contribution in [3.8, 4) is 11.4 Å². The number of aromatic nitrogens is 5. The molecule has 11 heteroatoms. The number of likely N-dealkylation sites (N-methyl/N-ethyl adjacent to an activating group) is 1. The first kappa shape index (κ1) is 24.9. The van der Waals surface area contributed by atoms with Crippen molar-refractivity contribution in [2.45, 2.75) is 19.5 Å². The summed E-state index contributed by atoms with van der Waals surface area (Å²) in [6.45, 7) is 6.78. The van der Waals surface area contributed by atoms with Gasteiger partial charge in [0.05, 0.1) is 25.8 Å². The van der Waals surface area contributed by atoms with Crippen LogP contribution in [0.1, 0.15) is 17.3 Å². The summed E-state index contributed by atoms with van der Waals surface area (Å²) in [5.41, 5.74) is 8.15. The van der Waals surface area contributed by atoms with Gasteiger partial charge in [0, 0.05) is 48.7 Å². The Morgan fingerprint density at radius 1 is 1.08 bits per heavy atom. The van der Waals surface area contributed by atoms with Crippen LogP contribution in [0.2, 0.25) is 5.02 Å². The Bertz CT molecular complexity index is 1470. The van der Waals surface area contributed by atoms with Crippen molar-refractivity contribution in [3.63, 3.8) is 0 Å². The first-order valence-electron chi connectivity index (χ1n) is 12.9. The molecule has 38 heavy (non-hydrogen) atoms. The zero-order chi connectivity index (χ0) is 26.2. The molecule has 0 spiro atoms. The van der Waals surface area contributed by atoms with E-state index >= 15 is 0 Å². The number of hydrazine groups is 1. The van der Waals surface area contributed by atoms with Crippen molar-refractivity contribution in [2.75, 3.05) is 56.9 Å². The molecule has 0 bridgehead atoms. The van der Waals surface area contributed by atoms with Crippen LogP contribution in [0, 0.1) is 6.92 Å². The van der Waals surface area contributed by atoms with Crippen LogP contribution in [0.5, 0.6) is 0 Å². The van der Waals surface area contributed by atoms with Gasteiger partial charge in [-0.3, -0.25) is 9.69 Å². The topological polar surface area (TPSA) is 79.0 Å². The Morgan fingerprint density at radius 2 is 1.89 bits per heavy atom. The third kappa shape index (κ3) is 5.00. The molecule has 1 atom stereocenters. The second-order valence-electron chi connectivity index (χ2n) is 9.94. The lowest BCUT2D eigenvalue weighted by Gasteiger charge is -2.29. The van der Waals surface area contributed by atoms with Crippen molar-refractivity contribution >= 4 is 28.9 Å². The van der Waals surface area contributed by atoms with Crippen LogP contribution in [-0.4, -0.2) is 76.2 Å². The molecule has 10 nitrogen and oxygen atoms in total. The number of aryl methyl sites for hydroxylation is 1. The maximum absolute atomic E-state index is 6.23. The molecule has 1 saturated heterocycles. The first-order chi connectivity index (χ1) is 18.4. The molecule has 1 N–H and O–H groups in total. The fourth-order valence-corrected chi connectivity index (χ4v) is 5.00. The fourth-order valence-electron chi connectivity index (χ4n) is 4.80. The van der Waals surface area contributed by atoms with E-state index in [-0.39, 0.29) is 6.04 Å². The maximum atomic E-state index is 6.23. The molecular formula is C27H32ClN9O. The molecule has 5 heterocycles. The average molecular weight is 534 g/mol. The third-order valence-corrected chi connectivity index (χ3v) is 7.13. The second-order valence-corrected chi connectivity index (χ2v) is 10.4. The van der Waals surface area contributed by atoms with Crippen molar-refractivity contribution < 1.29 is 4.74 Å². The number of fused-ring (bicyclic) bond motifs is 1. The van der Waals surface area contributed by atoms with Gasteiger partial charge in [-0.15, -0.1) is 0 Å². The van der Waals surface area contributed by atoms with Crippen LogP contribution in [-0.2, 0) is 11.3 Å². The molecule has 0 aliphatic carbocycles. The van der Waals surface area contributed by atoms with Crippen LogP contribution in [0.3, 0.4) is 0 Å². The Hall–Kier alpha value is -3.44. The molecule has 198 valence electrons. The minimum atomic E-state index is 0.00754. The van der Waals surface area contributed by atoms with Gasteiger partial charge in [-0.25, -0.2) is 10.4 Å². The summed E-state index contributed by atoms with van der Waals surface area (Å²) in [7, 11) is 4.14. The van der Waals surface area contributed by atoms with Crippen molar-refractivity contribution in [3.05, 3.63) is 71.0 Å². The molecular weight excluding hydrogens is 502 g/mol. The van der Waals surface area contributed by atoms with E-state index < -0.39 is 0 Å². The van der Waals surface area contributed by atoms with Crippen LogP contribution >= 0.6 is 11.6 Å². The van der Waals surface area contributed by atoms with Gasteiger partial charge in [-0.2, -0.15) is 14.7 Å². The van der Waals surface area contributed by atoms with E-state index in [0.717, 1.165) is 71.1 Å². The van der Waals surface area contributed by atoms with Gasteiger partial charge in [0.15, 0.2) is 11.5 Å². The Morgan fingerprint density at radius 3 is 2.68 bits per heavy atom. The highest BCUT2D eigenvalue weighted by atomic mass is 35.5. The van der Waals surface area contributed by atoms with Gasteiger partial charge in [-0.1, -0.05) is 23.7 Å². The molecule has 4 aromatic rings. The second kappa shape index (κ2) is 10.4. The standard InChI is InChI=1S/C27H32ClN9O/c1-19-15-23(31-35(19)10-9-33(2)3)24-17-26-29-25(18-27(37(26)32-24)34-11-13-38-14-12-34)36-8-7-22(30-36)20-5-4-6-21(28)16-20/h4-8,15-18,22,30H,9-14H2,1-3H3. The predicted octanol–water partition coefficient (Wildman–Crippen LogP) is 3.53. The van der Waals surface area contributed by atoms with Gasteiger partial charge in [-0.05, 0) is 50.9 Å². The minimum Gasteiger partial charge on any atom is -0.378 e. The van der Waals surface area contributed by atoms with Gasteiger partial charge < -0.3 is 14.5 Å². The van der Waals surface area contributed by atoms with Gasteiger partial charge in [0.2, 0.25) is 0 Å². The number of nitrogens with zero attached hydrogens (tertiary/aromatic N) is 8. The summed E-state index contributed by atoms with van der Waals surface area (Å²) >= 11 is 6.23. The van der Waals surface area contributed by atoms with E-state index in [0.29, 0.717) is 13.2 Å². The number of hydrogen-bond acceptors (Lipinski definition) is 8. The number of ether oxygens (including phenoxy) is 1. The summed E-state index contributed by atoms with van der Waals surface area (Å²) < 4.78 is 9.58. The summed E-state index contributed by atoms with van der Waals surface area (Å²) in [6.07, 6.45) is 4.12. The monoisotopic (exact) mass is 533 g/mol. The average Bonchev–Trinajstić information content (AvgIpc) is 3.65. The number of hydrogen-bond donors (Lipinski definition) is 1. The zero-order valence-corrected chi connectivity index (χ0v) is 22.6. The van der Waals surface area contributed by atoms with Gasteiger partial charge >= 0.3 is 0 Å². The number of morpholine rings is 1. The first-order valence-corrected chi connectivity index (χ1v) is 13.2. The number of nitrogens with one attached hydrogen (secondary N) is 1. The molecule has 2 aliphatic heterocycles. The summed E-state index contributed by atoms with van der Waals surface area (Å²) in [5.74, 6) is 1.77. The van der Waals surface area contributed by atoms with Crippen LogP contribution in [0.25, 0.3) is 17.0 Å². The van der Waals surface area contributed by atoms with E-state index in [1.54, 1.807) is 0 Å². The van der Waals surface area contributed by atoms with E-state index in [1.807, 2.05) is 44.7 Å². The van der Waals surface area contributed by atoms with Gasteiger partial charge in [0.25, 0.3) is 0 Å². The number of halogens is 1. The Labute approximate surface area is 227 Å². The summed E-state index contributed by atoms with van der Waals surface area (Å²) in [5, 5.41) is 12.5. The number of anilines is 2. The number of rotatable bonds is 7. The van der Waals surface area contributed by atoms with E-state index in [9.17, 15) is 0 Å². The lowest BCUT2D eigenvalue weighted by Crippen LogP contribution is -2.38. The lowest BCUT2D eigenvalue weighted by molar-refractivity contribution is 0.122. The van der Waals surface area contributed by atoms with E-state index in [4.69, 9.17) is 31.5 Å². The highest BCUT2D eigenvalue weighted by molar-refractivity contribution is 6.30. The zero-order valence-electron chi connectivity index (χ0n) is 21.9. The summed E-state index contributed by atoms with van der Waals surface area (Å²) in [4.78, 5) is 9.44. The fraction of sp³-hybridized carbons (Fsp3) is 0.370. The normalized spacial score (nSPS) is 17.9. The van der Waals surface area contributed by atoms with Gasteiger partial charge in [0.1, 0.15) is 17.2 Å². The molecule has 0 radical (unpaired) electrons. The van der Waals surface area contributed by atoms with Crippen molar-refractivity contribution in [2.24, 2.45) is 0 Å². The molecule has 3 aromatic heterocycles. The third-order valence-electron chi connectivity index (χ3n) is 6.89. The highest BCUT2D eigenvalue weighted by Gasteiger charge is 2.24. The molecule has 0 amide bonds. The molecule has 1 unspecified atom stereocenters. The highest BCUT2D eigenvalue weighted by Crippen LogP contribution is 2.30. The maximum Gasteiger partial charge on any atom is 0.160 e. The van der Waals surface area contributed by atoms with Crippen molar-refractivity contribution in [1.82, 2.24) is 34.7 Å². The van der Waals surface area contributed by atoms with Crippen LogP contribution in [0.15, 0.2) is 54.7 Å². The molecule has 1 fully saturated rings. The lowest BCUT2D eigenvalue weighted by atomic mass is 10.1. The predicted molar refractivity (Wildman–Crippen MR) is 149 cm³/mol. The molecule has 0 saturated carbocycles. The van der Waals surface area contributed by atoms with E-state index in [1.165, 1.54) is 0 Å². The number of benzene rings is 1. The summed E-state index contributed by atoms with van der Waals surface area (Å²) in [6, 6.07) is 14.1. The quantitative estimate of drug-likeness (QED) is 0.386.